The van der Waals surface area contributed by atoms with Crippen LogP contribution < -0.4 is 5.32 Å². The van der Waals surface area contributed by atoms with Crippen LogP contribution in [0.2, 0.25) is 0 Å². The van der Waals surface area contributed by atoms with Crippen LogP contribution in [0.3, 0.4) is 0 Å². The maximum atomic E-state index is 4.93. The highest BCUT2D eigenvalue weighted by molar-refractivity contribution is 5.92. The van der Waals surface area contributed by atoms with E-state index in [1.54, 1.807) is 0 Å². The molecule has 106 valence electrons. The molecule has 1 saturated carbocycles. The monoisotopic (exact) mass is 268 g/mol. The molecule has 0 aliphatic heterocycles. The second-order valence-electron chi connectivity index (χ2n) is 5.93. The van der Waals surface area contributed by atoms with Crippen LogP contribution >= 0.6 is 0 Å². The average Bonchev–Trinajstić information content (AvgIpc) is 3.00. The molecule has 1 aliphatic rings. The molecule has 0 unspecified atom stereocenters. The van der Waals surface area contributed by atoms with Crippen molar-refractivity contribution in [3.8, 4) is 0 Å². The second-order valence-corrected chi connectivity index (χ2v) is 5.93. The summed E-state index contributed by atoms with van der Waals surface area (Å²) < 4.78 is 0. The van der Waals surface area contributed by atoms with Crippen LogP contribution in [0.1, 0.15) is 56.2 Å². The molecule has 1 aromatic carbocycles. The van der Waals surface area contributed by atoms with Crippen molar-refractivity contribution in [2.45, 2.75) is 51.4 Å². The van der Waals surface area contributed by atoms with Crippen LogP contribution in [0.5, 0.6) is 0 Å². The Kier molecular flexibility index (Phi) is 3.90. The molecule has 0 atom stereocenters. The lowest BCUT2D eigenvalue weighted by Crippen LogP contribution is -2.00. The van der Waals surface area contributed by atoms with Crippen molar-refractivity contribution in [2.24, 2.45) is 0 Å². The quantitative estimate of drug-likeness (QED) is 0.854. The Bertz CT molecular complexity index is 598. The highest BCUT2D eigenvalue weighted by Gasteiger charge is 2.19. The largest absolute Gasteiger partial charge is 0.388 e. The van der Waals surface area contributed by atoms with Gasteiger partial charge < -0.3 is 5.32 Å². The minimum atomic E-state index is 0.668. The minimum absolute atomic E-state index is 0.668. The molecule has 2 aromatic rings. The van der Waals surface area contributed by atoms with Gasteiger partial charge in [-0.25, -0.2) is 0 Å². The zero-order valence-corrected chi connectivity index (χ0v) is 12.6. The summed E-state index contributed by atoms with van der Waals surface area (Å²) in [6.07, 6.45) is 7.64. The number of rotatable bonds is 4. The van der Waals surface area contributed by atoms with E-state index in [1.165, 1.54) is 54.4 Å². The molecule has 0 spiro atoms. The third-order valence-electron chi connectivity index (χ3n) is 4.47. The number of hydrogen-bond acceptors (Lipinski definition) is 2. The zero-order chi connectivity index (χ0) is 13.9. The average molecular weight is 268 g/mol. The van der Waals surface area contributed by atoms with Gasteiger partial charge in [0.25, 0.3) is 0 Å². The van der Waals surface area contributed by atoms with Crippen molar-refractivity contribution < 1.29 is 0 Å². The van der Waals surface area contributed by atoms with E-state index < -0.39 is 0 Å². The zero-order valence-electron chi connectivity index (χ0n) is 12.6. The first-order chi connectivity index (χ1) is 9.81. The fraction of sp³-hybridized carbons (Fsp3) is 0.500. The molecule has 3 rings (SSSR count). The van der Waals surface area contributed by atoms with Gasteiger partial charge >= 0.3 is 0 Å². The lowest BCUT2D eigenvalue weighted by Gasteiger charge is -2.14. The van der Waals surface area contributed by atoms with E-state index in [1.807, 2.05) is 7.05 Å². The van der Waals surface area contributed by atoms with E-state index in [0.29, 0.717) is 5.92 Å². The highest BCUT2D eigenvalue weighted by atomic mass is 14.8. The number of anilines is 1. The van der Waals surface area contributed by atoms with Gasteiger partial charge in [0.05, 0.1) is 5.52 Å². The van der Waals surface area contributed by atoms with Crippen molar-refractivity contribution in [1.82, 2.24) is 4.98 Å². The third-order valence-corrected chi connectivity index (χ3v) is 4.47. The van der Waals surface area contributed by atoms with E-state index >= 15 is 0 Å². The van der Waals surface area contributed by atoms with Crippen molar-refractivity contribution >= 4 is 16.6 Å². The first kappa shape index (κ1) is 13.4. The topological polar surface area (TPSA) is 24.9 Å². The van der Waals surface area contributed by atoms with E-state index in [-0.39, 0.29) is 0 Å². The number of fused-ring (bicyclic) bond motifs is 1. The van der Waals surface area contributed by atoms with E-state index in [4.69, 9.17) is 4.98 Å². The SMILES string of the molecule is CCCc1ccc2nc(C3CCCC3)cc(NC)c2c1. The van der Waals surface area contributed by atoms with Crippen LogP contribution in [-0.4, -0.2) is 12.0 Å². The molecule has 0 bridgehead atoms. The molecule has 1 aromatic heterocycles. The lowest BCUT2D eigenvalue weighted by molar-refractivity contribution is 0.701. The summed E-state index contributed by atoms with van der Waals surface area (Å²) in [6.45, 7) is 2.23. The third kappa shape index (κ3) is 2.52. The summed E-state index contributed by atoms with van der Waals surface area (Å²) >= 11 is 0. The van der Waals surface area contributed by atoms with Crippen LogP contribution in [0.25, 0.3) is 10.9 Å². The van der Waals surface area contributed by atoms with Gasteiger partial charge in [-0.05, 0) is 43.0 Å². The van der Waals surface area contributed by atoms with E-state index in [0.717, 1.165) is 11.9 Å². The summed E-state index contributed by atoms with van der Waals surface area (Å²) in [5.41, 5.74) is 5.06. The predicted octanol–water partition coefficient (Wildman–Crippen LogP) is 4.89. The van der Waals surface area contributed by atoms with Crippen LogP contribution in [0.15, 0.2) is 24.3 Å². The molecule has 2 heteroatoms. The second kappa shape index (κ2) is 5.82. The lowest BCUT2D eigenvalue weighted by atomic mass is 10.00. The minimum Gasteiger partial charge on any atom is -0.388 e. The molecule has 0 saturated heterocycles. The fourth-order valence-electron chi connectivity index (χ4n) is 3.38. The Hall–Kier alpha value is -1.57. The van der Waals surface area contributed by atoms with Crippen LogP contribution in [0.4, 0.5) is 5.69 Å². The molecular formula is C18H24N2. The molecular weight excluding hydrogens is 244 g/mol. The first-order valence-electron chi connectivity index (χ1n) is 7.93. The number of benzene rings is 1. The molecule has 1 N–H and O–H groups in total. The van der Waals surface area contributed by atoms with Gasteiger partial charge in [0.1, 0.15) is 0 Å². The summed E-state index contributed by atoms with van der Waals surface area (Å²) in [5, 5.41) is 4.63. The van der Waals surface area contributed by atoms with Crippen molar-refractivity contribution in [1.29, 1.82) is 0 Å². The normalized spacial score (nSPS) is 15.9. The number of hydrogen-bond donors (Lipinski definition) is 1. The van der Waals surface area contributed by atoms with Crippen molar-refractivity contribution in [3.63, 3.8) is 0 Å². The van der Waals surface area contributed by atoms with Gasteiger partial charge in [-0.1, -0.05) is 32.3 Å². The standard InChI is InChI=1S/C18H24N2/c1-3-6-13-9-10-16-15(11-13)18(19-2)12-17(20-16)14-7-4-5-8-14/h9-12,14H,3-8H2,1-2H3,(H,19,20). The van der Waals surface area contributed by atoms with Gasteiger partial charge in [-0.3, -0.25) is 4.98 Å². The Morgan fingerprint density at radius 2 is 2.00 bits per heavy atom. The van der Waals surface area contributed by atoms with Crippen molar-refractivity contribution in [3.05, 3.63) is 35.5 Å². The van der Waals surface area contributed by atoms with Gasteiger partial charge in [-0.2, -0.15) is 0 Å². The molecule has 2 nitrogen and oxygen atoms in total. The Balaban J connectivity index is 2.06. The van der Waals surface area contributed by atoms with Crippen LogP contribution in [-0.2, 0) is 6.42 Å². The number of nitrogens with zero attached hydrogens (tertiary/aromatic N) is 1. The Labute approximate surface area is 121 Å². The van der Waals surface area contributed by atoms with Gasteiger partial charge in [0.2, 0.25) is 0 Å². The predicted molar refractivity (Wildman–Crippen MR) is 86.5 cm³/mol. The Morgan fingerprint density at radius 1 is 1.20 bits per heavy atom. The molecule has 0 radical (unpaired) electrons. The van der Waals surface area contributed by atoms with Gasteiger partial charge in [0, 0.05) is 29.7 Å². The molecule has 1 fully saturated rings. The van der Waals surface area contributed by atoms with E-state index in [9.17, 15) is 0 Å². The number of aromatic nitrogens is 1. The smallest absolute Gasteiger partial charge is 0.0726 e. The van der Waals surface area contributed by atoms with Crippen molar-refractivity contribution in [2.75, 3.05) is 12.4 Å². The van der Waals surface area contributed by atoms with Gasteiger partial charge in [0.15, 0.2) is 0 Å². The fourth-order valence-corrected chi connectivity index (χ4v) is 3.38. The molecule has 0 amide bonds. The van der Waals surface area contributed by atoms with Crippen LogP contribution in [0, 0.1) is 0 Å². The maximum absolute atomic E-state index is 4.93. The molecule has 1 aliphatic carbocycles. The molecule has 1 heterocycles. The summed E-state index contributed by atoms with van der Waals surface area (Å²) in [7, 11) is 2.01. The summed E-state index contributed by atoms with van der Waals surface area (Å²) in [4.78, 5) is 4.93. The summed E-state index contributed by atoms with van der Waals surface area (Å²) in [6, 6.07) is 9.00. The van der Waals surface area contributed by atoms with E-state index in [2.05, 4.69) is 36.5 Å². The van der Waals surface area contributed by atoms with Gasteiger partial charge in [-0.15, -0.1) is 0 Å². The highest BCUT2D eigenvalue weighted by Crippen LogP contribution is 2.36. The number of aryl methyl sites for hydroxylation is 1. The Morgan fingerprint density at radius 3 is 2.70 bits per heavy atom. The first-order valence-corrected chi connectivity index (χ1v) is 7.93. The molecule has 20 heavy (non-hydrogen) atoms. The number of nitrogens with one attached hydrogen (secondary N) is 1. The summed E-state index contributed by atoms with van der Waals surface area (Å²) in [5.74, 6) is 0.668. The number of pyridine rings is 1. The maximum Gasteiger partial charge on any atom is 0.0726 e.